The van der Waals surface area contributed by atoms with Crippen molar-refractivity contribution < 1.29 is 14.3 Å². The number of likely N-dealkylation sites (N-methyl/N-ethyl adjacent to an activating group) is 2. The molecule has 2 atom stereocenters. The summed E-state index contributed by atoms with van der Waals surface area (Å²) in [5.41, 5.74) is 18.0. The van der Waals surface area contributed by atoms with Crippen molar-refractivity contribution in [2.24, 2.45) is 0 Å². The third-order valence-corrected chi connectivity index (χ3v) is 7.55. The molecule has 2 aliphatic carbocycles. The highest BCUT2D eigenvalue weighted by Crippen LogP contribution is 2.35. The number of nitrogen functional groups attached to an aromatic ring is 2. The van der Waals surface area contributed by atoms with Crippen LogP contribution in [0.2, 0.25) is 0 Å². The third kappa shape index (κ3) is 7.67. The Balaban J connectivity index is 0.000000656. The van der Waals surface area contributed by atoms with E-state index >= 15 is 0 Å². The minimum Gasteiger partial charge on any atom is -0.461 e. The van der Waals surface area contributed by atoms with Gasteiger partial charge in [0.25, 0.3) is 0 Å². The zero-order chi connectivity index (χ0) is 24.0. The average molecular weight is 624 g/mol. The smallest absolute Gasteiger partial charge is 0.134 e. The molecular formula is C28H42Cl4N4O3. The summed E-state index contributed by atoms with van der Waals surface area (Å²) in [7, 11) is 8.58. The SMILES string of the molecule is CN(C)C1CCc2oc3ccc(N)cc3c2C1.CN(C)C1CCc2oc3ccc(N)cc3c2C1.Cl.Cl.Cl.Cl.O. The fraction of sp³-hybridized carbons (Fsp3) is 0.429. The number of halogens is 4. The van der Waals surface area contributed by atoms with E-state index in [0.29, 0.717) is 12.1 Å². The molecule has 4 aromatic rings. The second kappa shape index (κ2) is 15.2. The van der Waals surface area contributed by atoms with E-state index in [0.717, 1.165) is 59.7 Å². The van der Waals surface area contributed by atoms with Gasteiger partial charge in [0.1, 0.15) is 22.7 Å². The summed E-state index contributed by atoms with van der Waals surface area (Å²) >= 11 is 0. The first-order chi connectivity index (χ1) is 16.3. The molecule has 2 aliphatic rings. The van der Waals surface area contributed by atoms with E-state index in [4.69, 9.17) is 20.3 Å². The van der Waals surface area contributed by atoms with Crippen LogP contribution in [-0.4, -0.2) is 55.6 Å². The van der Waals surface area contributed by atoms with Crippen molar-refractivity contribution in [3.05, 3.63) is 59.0 Å². The molecule has 0 bridgehead atoms. The first-order valence-electron chi connectivity index (χ1n) is 12.2. The Hall–Kier alpha value is -1.84. The predicted molar refractivity (Wildman–Crippen MR) is 173 cm³/mol. The van der Waals surface area contributed by atoms with Crippen molar-refractivity contribution in [2.75, 3.05) is 39.7 Å². The number of hydrogen-bond donors (Lipinski definition) is 2. The zero-order valence-corrected chi connectivity index (χ0v) is 26.1. The van der Waals surface area contributed by atoms with Crippen LogP contribution in [0.25, 0.3) is 21.9 Å². The fourth-order valence-corrected chi connectivity index (χ4v) is 5.44. The van der Waals surface area contributed by atoms with Gasteiger partial charge in [-0.05, 0) is 90.3 Å². The van der Waals surface area contributed by atoms with Gasteiger partial charge in [0, 0.05) is 58.2 Å². The van der Waals surface area contributed by atoms with E-state index in [2.05, 4.69) is 38.0 Å². The second-order valence-corrected chi connectivity index (χ2v) is 10.2. The molecule has 2 heterocycles. The average Bonchev–Trinajstić information content (AvgIpc) is 3.36. The zero-order valence-electron chi connectivity index (χ0n) is 22.9. The molecular weight excluding hydrogens is 582 g/mol. The van der Waals surface area contributed by atoms with Crippen molar-refractivity contribution in [1.82, 2.24) is 9.80 Å². The van der Waals surface area contributed by atoms with Gasteiger partial charge in [-0.3, -0.25) is 0 Å². The van der Waals surface area contributed by atoms with Crippen LogP contribution in [0.5, 0.6) is 0 Å². The molecule has 0 saturated heterocycles. The predicted octanol–water partition coefficient (Wildman–Crippen LogP) is 5.73. The molecule has 11 heteroatoms. The summed E-state index contributed by atoms with van der Waals surface area (Å²) in [5, 5.41) is 2.40. The number of aryl methyl sites for hydroxylation is 2. The Morgan fingerprint density at radius 2 is 1.00 bits per heavy atom. The van der Waals surface area contributed by atoms with Gasteiger partial charge in [-0.2, -0.15) is 0 Å². The number of nitrogens with two attached hydrogens (primary N) is 2. The highest BCUT2D eigenvalue weighted by molar-refractivity contribution is 5.87. The molecule has 39 heavy (non-hydrogen) atoms. The Labute approximate surface area is 255 Å². The topological polar surface area (TPSA) is 116 Å². The summed E-state index contributed by atoms with van der Waals surface area (Å²) in [5.74, 6) is 2.31. The van der Waals surface area contributed by atoms with E-state index in [1.807, 2.05) is 36.4 Å². The molecule has 2 unspecified atom stereocenters. The van der Waals surface area contributed by atoms with E-state index in [1.54, 1.807) is 0 Å². The largest absolute Gasteiger partial charge is 0.461 e. The van der Waals surface area contributed by atoms with Crippen molar-refractivity contribution >= 4 is 82.9 Å². The Morgan fingerprint density at radius 3 is 1.33 bits per heavy atom. The molecule has 0 fully saturated rings. The van der Waals surface area contributed by atoms with Crippen LogP contribution < -0.4 is 11.5 Å². The van der Waals surface area contributed by atoms with Crippen LogP contribution >= 0.6 is 49.6 Å². The number of benzene rings is 2. The van der Waals surface area contributed by atoms with E-state index < -0.39 is 0 Å². The molecule has 6 N–H and O–H groups in total. The monoisotopic (exact) mass is 622 g/mol. The van der Waals surface area contributed by atoms with E-state index in [-0.39, 0.29) is 55.1 Å². The second-order valence-electron chi connectivity index (χ2n) is 10.2. The summed E-state index contributed by atoms with van der Waals surface area (Å²) in [6, 6.07) is 13.1. The van der Waals surface area contributed by atoms with Gasteiger partial charge < -0.3 is 35.6 Å². The maximum Gasteiger partial charge on any atom is 0.134 e. The highest BCUT2D eigenvalue weighted by Gasteiger charge is 2.26. The molecule has 0 aliphatic heterocycles. The number of fused-ring (bicyclic) bond motifs is 6. The molecule has 2 aromatic heterocycles. The van der Waals surface area contributed by atoms with Gasteiger partial charge in [-0.15, -0.1) is 49.6 Å². The molecule has 7 nitrogen and oxygen atoms in total. The lowest BCUT2D eigenvalue weighted by molar-refractivity contribution is 0.261. The van der Waals surface area contributed by atoms with Gasteiger partial charge in [0.05, 0.1) is 0 Å². The van der Waals surface area contributed by atoms with Gasteiger partial charge in [0.2, 0.25) is 0 Å². The lowest BCUT2D eigenvalue weighted by atomic mass is 9.91. The third-order valence-electron chi connectivity index (χ3n) is 7.55. The van der Waals surface area contributed by atoms with Crippen LogP contribution in [0.4, 0.5) is 11.4 Å². The Kier molecular flexibility index (Phi) is 14.5. The molecule has 220 valence electrons. The quantitative estimate of drug-likeness (QED) is 0.275. The van der Waals surface area contributed by atoms with Crippen LogP contribution in [0.1, 0.15) is 35.5 Å². The maximum atomic E-state index is 5.90. The van der Waals surface area contributed by atoms with Crippen molar-refractivity contribution in [3.8, 4) is 0 Å². The highest BCUT2D eigenvalue weighted by atomic mass is 35.5. The van der Waals surface area contributed by atoms with Crippen LogP contribution in [0, 0.1) is 0 Å². The first kappa shape index (κ1) is 37.2. The van der Waals surface area contributed by atoms with E-state index in [9.17, 15) is 0 Å². The number of anilines is 2. The maximum absolute atomic E-state index is 5.90. The fourth-order valence-electron chi connectivity index (χ4n) is 5.44. The number of furan rings is 2. The Morgan fingerprint density at radius 1 is 0.641 bits per heavy atom. The lowest BCUT2D eigenvalue weighted by Gasteiger charge is -2.27. The lowest BCUT2D eigenvalue weighted by Crippen LogP contribution is -2.33. The summed E-state index contributed by atoms with van der Waals surface area (Å²) in [6.45, 7) is 0. The van der Waals surface area contributed by atoms with Gasteiger partial charge >= 0.3 is 0 Å². The summed E-state index contributed by atoms with van der Waals surface area (Å²) < 4.78 is 11.8. The van der Waals surface area contributed by atoms with Crippen LogP contribution in [-0.2, 0) is 25.7 Å². The number of rotatable bonds is 2. The van der Waals surface area contributed by atoms with Crippen LogP contribution in [0.15, 0.2) is 45.2 Å². The standard InChI is InChI=1S/2C14H18N2O.4ClH.H2O/c2*1-16(2)10-4-6-14-12(8-10)11-7-9(15)3-5-13(11)17-14;;;;;/h2*3,5,7,10H,4,6,8,15H2,1-2H3;4*1H;1H2. The normalized spacial score (nSPS) is 17.3. The van der Waals surface area contributed by atoms with Crippen LogP contribution in [0.3, 0.4) is 0 Å². The molecule has 0 saturated carbocycles. The van der Waals surface area contributed by atoms with Gasteiger partial charge in [0.15, 0.2) is 0 Å². The Bertz CT molecular complexity index is 1240. The molecule has 0 spiro atoms. The summed E-state index contributed by atoms with van der Waals surface area (Å²) in [6.07, 6.45) is 6.56. The molecule has 2 aromatic carbocycles. The van der Waals surface area contributed by atoms with Gasteiger partial charge in [-0.25, -0.2) is 0 Å². The minimum atomic E-state index is 0. The van der Waals surface area contributed by atoms with Crippen molar-refractivity contribution in [3.63, 3.8) is 0 Å². The molecule has 6 rings (SSSR count). The van der Waals surface area contributed by atoms with Crippen molar-refractivity contribution in [2.45, 2.75) is 50.6 Å². The summed E-state index contributed by atoms with van der Waals surface area (Å²) in [4.78, 5) is 4.60. The van der Waals surface area contributed by atoms with E-state index in [1.165, 1.54) is 34.7 Å². The molecule has 0 amide bonds. The number of hydrogen-bond acceptors (Lipinski definition) is 6. The first-order valence-corrected chi connectivity index (χ1v) is 12.2. The number of nitrogens with zero attached hydrogens (tertiary/aromatic N) is 2. The molecule has 0 radical (unpaired) electrons. The minimum absolute atomic E-state index is 0. The van der Waals surface area contributed by atoms with Gasteiger partial charge in [-0.1, -0.05) is 0 Å². The van der Waals surface area contributed by atoms with Crippen molar-refractivity contribution in [1.29, 1.82) is 0 Å².